The van der Waals surface area contributed by atoms with Gasteiger partial charge in [0.1, 0.15) is 0 Å². The quantitative estimate of drug-likeness (QED) is 0.396. The van der Waals surface area contributed by atoms with Crippen LogP contribution >= 0.6 is 12.2 Å². The van der Waals surface area contributed by atoms with Crippen LogP contribution in [0, 0.1) is 5.41 Å². The second-order valence-corrected chi connectivity index (χ2v) is 10.5. The molecule has 2 N–H and O–H groups in total. The Morgan fingerprint density at radius 3 is 2.58 bits per heavy atom. The highest BCUT2D eigenvalue weighted by Gasteiger charge is 2.43. The van der Waals surface area contributed by atoms with E-state index in [1.165, 1.54) is 0 Å². The number of thiocarbonyl (C=S) groups is 1. The standard InChI is InChI=1S/C29H27N3O3S/c1-29(2)15-21-26(23(33)16-29)27(18-12-13-24-25(14-18)35-17-34-24)32(22-11-7-6-10-20(22)31-21)28(36)30-19-8-4-3-5-9-19/h3-14,27,31H,15-17H2,1-2H3,(H,30,36)/t27-/m1/s1. The molecule has 6 nitrogen and oxygen atoms in total. The Morgan fingerprint density at radius 2 is 1.75 bits per heavy atom. The maximum atomic E-state index is 13.8. The zero-order chi connectivity index (χ0) is 24.9. The first-order valence-corrected chi connectivity index (χ1v) is 12.5. The van der Waals surface area contributed by atoms with Gasteiger partial charge in [-0.1, -0.05) is 50.2 Å². The summed E-state index contributed by atoms with van der Waals surface area (Å²) in [6.07, 6.45) is 1.23. The maximum absolute atomic E-state index is 13.8. The Labute approximate surface area is 215 Å². The molecule has 0 unspecified atom stereocenters. The molecule has 2 heterocycles. The van der Waals surface area contributed by atoms with Gasteiger partial charge >= 0.3 is 0 Å². The summed E-state index contributed by atoms with van der Waals surface area (Å²) in [6, 6.07) is 23.3. The highest BCUT2D eigenvalue weighted by Crippen LogP contribution is 2.49. The average molecular weight is 498 g/mol. The average Bonchev–Trinajstić information content (AvgIpc) is 3.26. The van der Waals surface area contributed by atoms with Crippen molar-refractivity contribution in [3.63, 3.8) is 0 Å². The Hall–Kier alpha value is -3.84. The van der Waals surface area contributed by atoms with Crippen molar-refractivity contribution in [1.29, 1.82) is 0 Å². The summed E-state index contributed by atoms with van der Waals surface area (Å²) in [5.41, 5.74) is 5.14. The van der Waals surface area contributed by atoms with Crippen LogP contribution in [0.25, 0.3) is 0 Å². The number of ether oxygens (including phenoxy) is 2. The summed E-state index contributed by atoms with van der Waals surface area (Å²) in [4.78, 5) is 15.9. The van der Waals surface area contributed by atoms with E-state index in [-0.39, 0.29) is 18.0 Å². The molecule has 0 radical (unpaired) electrons. The summed E-state index contributed by atoms with van der Waals surface area (Å²) < 4.78 is 11.3. The summed E-state index contributed by atoms with van der Waals surface area (Å²) in [5, 5.41) is 7.52. The molecule has 0 saturated heterocycles. The molecular weight excluding hydrogens is 470 g/mol. The molecule has 7 heteroatoms. The number of carbonyl (C=O) groups excluding carboxylic acids is 1. The minimum Gasteiger partial charge on any atom is -0.454 e. The SMILES string of the molecule is CC1(C)CC(=O)C2=C(C1)Nc1ccccc1N(C(=S)Nc1ccccc1)[C@@H]2c1ccc2c(c1)OCO2. The first-order valence-electron chi connectivity index (χ1n) is 12.1. The van der Waals surface area contributed by atoms with Crippen LogP contribution in [0.5, 0.6) is 11.5 Å². The highest BCUT2D eigenvalue weighted by atomic mass is 32.1. The first kappa shape index (κ1) is 22.6. The first-order chi connectivity index (χ1) is 17.4. The van der Waals surface area contributed by atoms with Crippen LogP contribution in [-0.2, 0) is 4.79 Å². The van der Waals surface area contributed by atoms with Crippen LogP contribution in [0.1, 0.15) is 38.3 Å². The van der Waals surface area contributed by atoms with Crippen molar-refractivity contribution in [3.05, 3.63) is 89.6 Å². The molecule has 1 atom stereocenters. The third kappa shape index (κ3) is 3.99. The number of hydrogen-bond donors (Lipinski definition) is 2. The number of fused-ring (bicyclic) bond motifs is 2. The molecule has 36 heavy (non-hydrogen) atoms. The number of para-hydroxylation sites is 3. The fraction of sp³-hybridized carbons (Fsp3) is 0.241. The predicted molar refractivity (Wildman–Crippen MR) is 146 cm³/mol. The summed E-state index contributed by atoms with van der Waals surface area (Å²) in [6.45, 7) is 4.47. The number of benzene rings is 3. The van der Waals surface area contributed by atoms with Crippen LogP contribution in [0.3, 0.4) is 0 Å². The van der Waals surface area contributed by atoms with E-state index in [2.05, 4.69) is 29.4 Å². The van der Waals surface area contributed by atoms with Crippen molar-refractivity contribution in [2.24, 2.45) is 5.41 Å². The lowest BCUT2D eigenvalue weighted by atomic mass is 9.73. The van der Waals surface area contributed by atoms with Crippen molar-refractivity contribution in [2.45, 2.75) is 32.7 Å². The fourth-order valence-corrected chi connectivity index (χ4v) is 5.64. The van der Waals surface area contributed by atoms with E-state index in [0.29, 0.717) is 23.0 Å². The van der Waals surface area contributed by atoms with Crippen molar-refractivity contribution >= 4 is 40.2 Å². The second kappa shape index (κ2) is 8.68. The number of nitrogens with one attached hydrogen (secondary N) is 2. The van der Waals surface area contributed by atoms with Gasteiger partial charge in [-0.15, -0.1) is 0 Å². The highest BCUT2D eigenvalue weighted by molar-refractivity contribution is 7.80. The van der Waals surface area contributed by atoms with E-state index in [4.69, 9.17) is 21.7 Å². The van der Waals surface area contributed by atoms with Gasteiger partial charge < -0.3 is 25.0 Å². The van der Waals surface area contributed by atoms with E-state index >= 15 is 0 Å². The van der Waals surface area contributed by atoms with E-state index in [1.807, 2.05) is 72.8 Å². The Bertz CT molecular complexity index is 1400. The van der Waals surface area contributed by atoms with Crippen LogP contribution in [0.15, 0.2) is 84.1 Å². The van der Waals surface area contributed by atoms with Gasteiger partial charge in [-0.25, -0.2) is 0 Å². The number of rotatable bonds is 2. The normalized spacial score (nSPS) is 19.7. The van der Waals surface area contributed by atoms with Gasteiger partial charge in [0.25, 0.3) is 0 Å². The van der Waals surface area contributed by atoms with Gasteiger partial charge in [0.05, 0.1) is 17.4 Å². The van der Waals surface area contributed by atoms with Gasteiger partial charge in [0, 0.05) is 23.4 Å². The van der Waals surface area contributed by atoms with E-state index in [1.54, 1.807) is 0 Å². The van der Waals surface area contributed by atoms with Crippen LogP contribution in [0.2, 0.25) is 0 Å². The van der Waals surface area contributed by atoms with Gasteiger partial charge in [0.15, 0.2) is 22.4 Å². The molecule has 0 amide bonds. The number of hydrogen-bond acceptors (Lipinski definition) is 5. The second-order valence-electron chi connectivity index (χ2n) is 10.2. The van der Waals surface area contributed by atoms with E-state index in [0.717, 1.165) is 40.3 Å². The minimum atomic E-state index is -0.446. The van der Waals surface area contributed by atoms with Crippen molar-refractivity contribution in [1.82, 2.24) is 0 Å². The van der Waals surface area contributed by atoms with Gasteiger partial charge in [-0.05, 0) is 66.0 Å². The number of allylic oxidation sites excluding steroid dienone is 1. The molecule has 6 rings (SSSR count). The molecular formula is C29H27N3O3S. The largest absolute Gasteiger partial charge is 0.454 e. The number of Topliss-reactive ketones (excluding diaryl/α,β-unsaturated/α-hetero) is 1. The molecule has 182 valence electrons. The smallest absolute Gasteiger partial charge is 0.231 e. The molecule has 0 fully saturated rings. The lowest BCUT2D eigenvalue weighted by Gasteiger charge is -2.38. The topological polar surface area (TPSA) is 62.8 Å². The number of anilines is 3. The van der Waals surface area contributed by atoms with Crippen molar-refractivity contribution < 1.29 is 14.3 Å². The molecule has 0 bridgehead atoms. The summed E-state index contributed by atoms with van der Waals surface area (Å²) in [5.74, 6) is 1.50. The molecule has 3 aromatic carbocycles. The van der Waals surface area contributed by atoms with Crippen molar-refractivity contribution in [2.75, 3.05) is 22.3 Å². The van der Waals surface area contributed by atoms with Gasteiger partial charge in [-0.2, -0.15) is 0 Å². The Kier molecular flexibility index (Phi) is 5.45. The Balaban J connectivity index is 1.56. The number of ketones is 1. The molecule has 0 aromatic heterocycles. The number of nitrogens with zero attached hydrogens (tertiary/aromatic N) is 1. The summed E-state index contributed by atoms with van der Waals surface area (Å²) >= 11 is 6.04. The van der Waals surface area contributed by atoms with Gasteiger partial charge in [-0.3, -0.25) is 4.79 Å². The van der Waals surface area contributed by atoms with Crippen molar-refractivity contribution in [3.8, 4) is 11.5 Å². The third-order valence-corrected chi connectivity index (χ3v) is 7.16. The molecule has 2 aliphatic heterocycles. The Morgan fingerprint density at radius 1 is 1.00 bits per heavy atom. The maximum Gasteiger partial charge on any atom is 0.231 e. The number of carbonyl (C=O) groups is 1. The fourth-order valence-electron chi connectivity index (χ4n) is 5.31. The van der Waals surface area contributed by atoms with Crippen LogP contribution in [-0.4, -0.2) is 17.7 Å². The molecule has 1 aliphatic carbocycles. The monoisotopic (exact) mass is 497 g/mol. The molecule has 0 saturated carbocycles. The summed E-state index contributed by atoms with van der Waals surface area (Å²) in [7, 11) is 0. The van der Waals surface area contributed by atoms with E-state index < -0.39 is 6.04 Å². The minimum absolute atomic E-state index is 0.122. The molecule has 3 aliphatic rings. The third-order valence-electron chi connectivity index (χ3n) is 6.86. The molecule has 0 spiro atoms. The van der Waals surface area contributed by atoms with Crippen LogP contribution < -0.4 is 25.0 Å². The molecule has 3 aromatic rings. The van der Waals surface area contributed by atoms with Crippen LogP contribution in [0.4, 0.5) is 17.1 Å². The lowest BCUT2D eigenvalue weighted by molar-refractivity contribution is -0.118. The zero-order valence-electron chi connectivity index (χ0n) is 20.2. The van der Waals surface area contributed by atoms with Gasteiger partial charge in [0.2, 0.25) is 6.79 Å². The zero-order valence-corrected chi connectivity index (χ0v) is 21.0. The van der Waals surface area contributed by atoms with E-state index in [9.17, 15) is 4.79 Å². The predicted octanol–water partition coefficient (Wildman–Crippen LogP) is 6.43. The lowest BCUT2D eigenvalue weighted by Crippen LogP contribution is -2.41.